The third-order valence-corrected chi connectivity index (χ3v) is 7.94. The van der Waals surface area contributed by atoms with Crippen LogP contribution in [-0.2, 0) is 32.7 Å². The van der Waals surface area contributed by atoms with Gasteiger partial charge in [0.25, 0.3) is 0 Å². The van der Waals surface area contributed by atoms with Gasteiger partial charge in [-0.25, -0.2) is 13.8 Å². The second kappa shape index (κ2) is 13.2. The van der Waals surface area contributed by atoms with Gasteiger partial charge in [-0.05, 0) is 54.4 Å². The zero-order valence-corrected chi connectivity index (χ0v) is 23.1. The SMILES string of the molecule is C[C@@H](NC(=O)C(=O)N/N=C/c1ccc(CN(Cc2ccccc2)S(=O)(=O)c2ccc(Cl)cc2)o1)c1ccccc1. The summed E-state index contributed by atoms with van der Waals surface area (Å²) in [5.41, 5.74) is 3.82. The molecule has 0 aliphatic heterocycles. The number of hydrazone groups is 1. The van der Waals surface area contributed by atoms with Crippen LogP contribution in [0.1, 0.15) is 35.6 Å². The molecule has 11 heteroatoms. The highest BCUT2D eigenvalue weighted by Crippen LogP contribution is 2.23. The van der Waals surface area contributed by atoms with Gasteiger partial charge in [-0.2, -0.15) is 9.41 Å². The molecule has 0 aliphatic rings. The van der Waals surface area contributed by atoms with E-state index in [1.54, 1.807) is 19.1 Å². The topological polar surface area (TPSA) is 121 Å². The Morgan fingerprint density at radius 2 is 1.55 bits per heavy atom. The van der Waals surface area contributed by atoms with E-state index in [1.807, 2.05) is 60.7 Å². The Morgan fingerprint density at radius 1 is 0.900 bits per heavy atom. The van der Waals surface area contributed by atoms with Crippen LogP contribution in [0.2, 0.25) is 5.02 Å². The van der Waals surface area contributed by atoms with Gasteiger partial charge in [0.15, 0.2) is 0 Å². The Kier molecular flexibility index (Phi) is 9.49. The molecule has 1 atom stereocenters. The number of halogens is 1. The average molecular weight is 579 g/mol. The molecule has 0 spiro atoms. The lowest BCUT2D eigenvalue weighted by Gasteiger charge is -2.21. The average Bonchev–Trinajstić information content (AvgIpc) is 3.41. The lowest BCUT2D eigenvalue weighted by atomic mass is 10.1. The van der Waals surface area contributed by atoms with E-state index in [9.17, 15) is 18.0 Å². The lowest BCUT2D eigenvalue weighted by molar-refractivity contribution is -0.139. The molecule has 2 N–H and O–H groups in total. The van der Waals surface area contributed by atoms with Gasteiger partial charge in [0.05, 0.1) is 23.7 Å². The molecule has 1 heterocycles. The lowest BCUT2D eigenvalue weighted by Crippen LogP contribution is -2.39. The number of rotatable bonds is 10. The highest BCUT2D eigenvalue weighted by Gasteiger charge is 2.26. The van der Waals surface area contributed by atoms with Crippen molar-refractivity contribution in [2.24, 2.45) is 5.10 Å². The second-order valence-corrected chi connectivity index (χ2v) is 11.2. The van der Waals surface area contributed by atoms with Crippen molar-refractivity contribution in [3.05, 3.63) is 125 Å². The number of furan rings is 1. The second-order valence-electron chi connectivity index (χ2n) is 8.82. The Labute approximate surface area is 237 Å². The van der Waals surface area contributed by atoms with Gasteiger partial charge >= 0.3 is 11.8 Å². The van der Waals surface area contributed by atoms with Crippen LogP contribution in [0.5, 0.6) is 0 Å². The van der Waals surface area contributed by atoms with Gasteiger partial charge in [0.2, 0.25) is 10.0 Å². The molecule has 1 aromatic heterocycles. The van der Waals surface area contributed by atoms with Crippen LogP contribution in [0.4, 0.5) is 0 Å². The van der Waals surface area contributed by atoms with E-state index in [0.29, 0.717) is 10.8 Å². The third-order valence-electron chi connectivity index (χ3n) is 5.88. The van der Waals surface area contributed by atoms with E-state index in [1.165, 1.54) is 34.8 Å². The Balaban J connectivity index is 1.41. The number of nitrogens with zero attached hydrogens (tertiary/aromatic N) is 2. The Bertz CT molecular complexity index is 1570. The molecule has 4 aromatic rings. The molecular weight excluding hydrogens is 552 g/mol. The molecule has 0 saturated carbocycles. The van der Waals surface area contributed by atoms with E-state index in [-0.39, 0.29) is 29.8 Å². The molecule has 2 amide bonds. The molecule has 40 heavy (non-hydrogen) atoms. The normalized spacial score (nSPS) is 12.4. The van der Waals surface area contributed by atoms with Crippen molar-refractivity contribution in [2.75, 3.05) is 0 Å². The van der Waals surface area contributed by atoms with Crippen molar-refractivity contribution < 1.29 is 22.4 Å². The smallest absolute Gasteiger partial charge is 0.329 e. The predicted molar refractivity (Wildman–Crippen MR) is 152 cm³/mol. The minimum atomic E-state index is -3.89. The summed E-state index contributed by atoms with van der Waals surface area (Å²) < 4.78 is 34.0. The first-order chi connectivity index (χ1) is 19.2. The fourth-order valence-corrected chi connectivity index (χ4v) is 5.30. The number of sulfonamides is 1. The van der Waals surface area contributed by atoms with Crippen LogP contribution in [0, 0.1) is 0 Å². The maximum atomic E-state index is 13.5. The van der Waals surface area contributed by atoms with Crippen molar-refractivity contribution in [2.45, 2.75) is 31.0 Å². The maximum absolute atomic E-state index is 13.5. The van der Waals surface area contributed by atoms with Crippen molar-refractivity contribution in [3.63, 3.8) is 0 Å². The van der Waals surface area contributed by atoms with Crippen molar-refractivity contribution in [1.29, 1.82) is 0 Å². The quantitative estimate of drug-likeness (QED) is 0.161. The molecule has 0 fully saturated rings. The van der Waals surface area contributed by atoms with Crippen LogP contribution < -0.4 is 10.7 Å². The summed E-state index contributed by atoms with van der Waals surface area (Å²) in [6, 6.07) is 27.2. The van der Waals surface area contributed by atoms with Gasteiger partial charge in [-0.1, -0.05) is 72.3 Å². The number of amides is 2. The van der Waals surface area contributed by atoms with E-state index >= 15 is 0 Å². The van der Waals surface area contributed by atoms with Gasteiger partial charge < -0.3 is 9.73 Å². The molecule has 9 nitrogen and oxygen atoms in total. The number of hydrogen-bond donors (Lipinski definition) is 2. The Hall–Kier alpha value is -4.25. The first kappa shape index (κ1) is 28.8. The molecule has 206 valence electrons. The number of carbonyl (C=O) groups is 2. The van der Waals surface area contributed by atoms with Crippen LogP contribution in [0.25, 0.3) is 0 Å². The molecule has 4 rings (SSSR count). The Morgan fingerprint density at radius 3 is 2.23 bits per heavy atom. The van der Waals surface area contributed by atoms with Gasteiger partial charge in [0.1, 0.15) is 11.5 Å². The predicted octanol–water partition coefficient (Wildman–Crippen LogP) is 4.65. The van der Waals surface area contributed by atoms with E-state index in [4.69, 9.17) is 16.0 Å². The third kappa shape index (κ3) is 7.66. The van der Waals surface area contributed by atoms with Crippen molar-refractivity contribution >= 4 is 39.7 Å². The standard InChI is InChI=1S/C29H27ClN4O5S/c1-21(23-10-6-3-7-11-23)32-28(35)29(36)33-31-18-25-14-15-26(39-25)20-34(19-22-8-4-2-5-9-22)40(37,38)27-16-12-24(30)13-17-27/h2-18,21H,19-20H2,1H3,(H,32,35)(H,33,36)/b31-18+/t21-/m1/s1. The van der Waals surface area contributed by atoms with Gasteiger partial charge in [-0.3, -0.25) is 9.59 Å². The number of carbonyl (C=O) groups excluding carboxylic acids is 2. The summed E-state index contributed by atoms with van der Waals surface area (Å²) in [5, 5.41) is 6.82. The molecule has 0 bridgehead atoms. The van der Waals surface area contributed by atoms with Gasteiger partial charge in [-0.15, -0.1) is 0 Å². The van der Waals surface area contributed by atoms with E-state index in [0.717, 1.165) is 11.1 Å². The first-order valence-corrected chi connectivity index (χ1v) is 14.1. The monoisotopic (exact) mass is 578 g/mol. The van der Waals surface area contributed by atoms with Crippen LogP contribution in [0.3, 0.4) is 0 Å². The van der Waals surface area contributed by atoms with Crippen LogP contribution in [-0.4, -0.2) is 30.8 Å². The molecule has 3 aromatic carbocycles. The fourth-order valence-electron chi connectivity index (χ4n) is 3.78. The maximum Gasteiger partial charge on any atom is 0.329 e. The first-order valence-electron chi connectivity index (χ1n) is 12.3. The molecule has 0 aliphatic carbocycles. The highest BCUT2D eigenvalue weighted by atomic mass is 35.5. The van der Waals surface area contributed by atoms with Crippen LogP contribution >= 0.6 is 11.6 Å². The van der Waals surface area contributed by atoms with E-state index < -0.39 is 21.8 Å². The molecule has 0 radical (unpaired) electrons. The number of hydrogen-bond acceptors (Lipinski definition) is 6. The minimum Gasteiger partial charge on any atom is -0.459 e. The summed E-state index contributed by atoms with van der Waals surface area (Å²) in [6.45, 7) is 1.82. The summed E-state index contributed by atoms with van der Waals surface area (Å²) >= 11 is 5.95. The molecule has 0 saturated heterocycles. The zero-order chi connectivity index (χ0) is 28.5. The summed E-state index contributed by atoms with van der Waals surface area (Å²) in [4.78, 5) is 24.4. The summed E-state index contributed by atoms with van der Waals surface area (Å²) in [6.07, 6.45) is 1.23. The van der Waals surface area contributed by atoms with Crippen molar-refractivity contribution in [3.8, 4) is 0 Å². The molecule has 0 unspecified atom stereocenters. The summed E-state index contributed by atoms with van der Waals surface area (Å²) in [5.74, 6) is -1.15. The minimum absolute atomic E-state index is 0.0557. The van der Waals surface area contributed by atoms with Crippen molar-refractivity contribution in [1.82, 2.24) is 15.0 Å². The highest BCUT2D eigenvalue weighted by molar-refractivity contribution is 7.89. The van der Waals surface area contributed by atoms with E-state index in [2.05, 4.69) is 15.8 Å². The number of nitrogens with one attached hydrogen (secondary N) is 2. The summed E-state index contributed by atoms with van der Waals surface area (Å²) in [7, 11) is -3.89. The number of benzene rings is 3. The largest absolute Gasteiger partial charge is 0.459 e. The fraction of sp³-hybridized carbons (Fsp3) is 0.138. The molecular formula is C29H27ClN4O5S. The van der Waals surface area contributed by atoms with Gasteiger partial charge in [0, 0.05) is 11.6 Å². The van der Waals surface area contributed by atoms with Crippen LogP contribution in [0.15, 0.2) is 111 Å². The zero-order valence-electron chi connectivity index (χ0n) is 21.5.